The Balaban J connectivity index is 0. The van der Waals surface area contributed by atoms with Gasteiger partial charge in [0.15, 0.2) is 0 Å². The average Bonchev–Trinajstić information content (AvgIpc) is 2.89. The number of rotatable bonds is 5. The molecule has 2 N–H and O–H groups in total. The molecular weight excluding hydrogens is 250 g/mol. The van der Waals surface area contributed by atoms with Crippen LogP contribution in [-0.2, 0) is 17.8 Å². The zero-order chi connectivity index (χ0) is 16.0. The Bertz CT molecular complexity index is 381. The Morgan fingerprint density at radius 1 is 1.30 bits per heavy atom. The van der Waals surface area contributed by atoms with Crippen molar-refractivity contribution >= 4 is 17.8 Å². The zero-order valence-electron chi connectivity index (χ0n) is 14.1. The molecule has 20 heavy (non-hydrogen) atoms. The topological polar surface area (TPSA) is 57.2 Å². The van der Waals surface area contributed by atoms with E-state index in [0.29, 0.717) is 6.54 Å². The molecule has 0 bridgehead atoms. The number of amides is 1. The van der Waals surface area contributed by atoms with Crippen molar-refractivity contribution in [3.05, 3.63) is 17.5 Å². The van der Waals surface area contributed by atoms with Gasteiger partial charge in [0, 0.05) is 24.5 Å². The number of nitrogens with one attached hydrogen (secondary N) is 2. The van der Waals surface area contributed by atoms with Crippen LogP contribution < -0.4 is 5.32 Å². The van der Waals surface area contributed by atoms with Crippen molar-refractivity contribution in [3.63, 3.8) is 0 Å². The first-order valence-corrected chi connectivity index (χ1v) is 7.65. The number of aryl methyl sites for hydroxylation is 1. The van der Waals surface area contributed by atoms with Crippen LogP contribution in [0.25, 0.3) is 0 Å². The molecule has 116 valence electrons. The van der Waals surface area contributed by atoms with Crippen molar-refractivity contribution in [1.29, 1.82) is 0 Å². The van der Waals surface area contributed by atoms with E-state index in [0.717, 1.165) is 29.9 Å². The molecule has 0 fully saturated rings. The number of aliphatic imine (C=N–C) groups is 1. The van der Waals surface area contributed by atoms with Crippen molar-refractivity contribution in [2.24, 2.45) is 4.99 Å². The lowest BCUT2D eigenvalue weighted by atomic mass is 10.3. The summed E-state index contributed by atoms with van der Waals surface area (Å²) in [6.45, 7) is 14.2. The van der Waals surface area contributed by atoms with Gasteiger partial charge in [0.25, 0.3) is 0 Å². The number of aromatic nitrogens is 1. The van der Waals surface area contributed by atoms with Gasteiger partial charge < -0.3 is 10.3 Å². The van der Waals surface area contributed by atoms with E-state index in [9.17, 15) is 4.79 Å². The van der Waals surface area contributed by atoms with Crippen molar-refractivity contribution in [1.82, 2.24) is 10.3 Å². The van der Waals surface area contributed by atoms with Gasteiger partial charge in [0.2, 0.25) is 5.91 Å². The fraction of sp³-hybridized carbons (Fsp3) is 0.625. The van der Waals surface area contributed by atoms with E-state index in [1.165, 1.54) is 6.92 Å². The maximum atomic E-state index is 10.8. The van der Waals surface area contributed by atoms with Crippen LogP contribution in [-0.4, -0.2) is 17.1 Å². The third-order valence-corrected chi connectivity index (χ3v) is 2.23. The van der Waals surface area contributed by atoms with Crippen molar-refractivity contribution in [2.75, 3.05) is 0 Å². The monoisotopic (exact) mass is 281 g/mol. The van der Waals surface area contributed by atoms with E-state index in [1.807, 2.05) is 40.0 Å². The fourth-order valence-corrected chi connectivity index (χ4v) is 1.44. The van der Waals surface area contributed by atoms with Crippen molar-refractivity contribution in [2.45, 2.75) is 67.9 Å². The normalized spacial score (nSPS) is 9.35. The van der Waals surface area contributed by atoms with Crippen LogP contribution in [0.5, 0.6) is 0 Å². The Morgan fingerprint density at radius 3 is 2.35 bits per heavy atom. The molecule has 1 aromatic heterocycles. The molecule has 4 heteroatoms. The van der Waals surface area contributed by atoms with Crippen molar-refractivity contribution < 1.29 is 4.79 Å². The average molecular weight is 281 g/mol. The smallest absolute Gasteiger partial charge is 0.217 e. The molecule has 1 amide bonds. The predicted molar refractivity (Wildman–Crippen MR) is 88.8 cm³/mol. The van der Waals surface area contributed by atoms with Crippen LogP contribution in [0.4, 0.5) is 5.69 Å². The molecule has 0 aromatic carbocycles. The van der Waals surface area contributed by atoms with Gasteiger partial charge >= 0.3 is 0 Å². The summed E-state index contributed by atoms with van der Waals surface area (Å²) in [5.41, 5.74) is 3.09. The number of aromatic amines is 1. The second kappa shape index (κ2) is 13.8. The van der Waals surface area contributed by atoms with Crippen LogP contribution in [0.1, 0.15) is 66.3 Å². The number of hydrogen-bond acceptors (Lipinski definition) is 2. The summed E-state index contributed by atoms with van der Waals surface area (Å²) in [7, 11) is 0. The van der Waals surface area contributed by atoms with Crippen molar-refractivity contribution in [3.8, 4) is 0 Å². The summed E-state index contributed by atoms with van der Waals surface area (Å²) in [6.07, 6.45) is 3.73. The Morgan fingerprint density at radius 2 is 1.90 bits per heavy atom. The molecule has 1 heterocycles. The first-order valence-electron chi connectivity index (χ1n) is 7.65. The third kappa shape index (κ3) is 8.51. The highest BCUT2D eigenvalue weighted by atomic mass is 16.1. The highest BCUT2D eigenvalue weighted by Crippen LogP contribution is 2.20. The summed E-state index contributed by atoms with van der Waals surface area (Å²) in [6, 6.07) is 1.99. The molecule has 0 aliphatic carbocycles. The van der Waals surface area contributed by atoms with Gasteiger partial charge in [0.1, 0.15) is 0 Å². The molecule has 0 saturated carbocycles. The molecule has 0 aliphatic rings. The van der Waals surface area contributed by atoms with E-state index < -0.39 is 0 Å². The Labute approximate surface area is 124 Å². The summed E-state index contributed by atoms with van der Waals surface area (Å²) < 4.78 is 0. The van der Waals surface area contributed by atoms with E-state index in [2.05, 4.69) is 29.1 Å². The lowest BCUT2D eigenvalue weighted by molar-refractivity contribution is -0.119. The van der Waals surface area contributed by atoms with Gasteiger partial charge in [-0.15, -0.1) is 0 Å². The molecule has 0 saturated heterocycles. The third-order valence-electron chi connectivity index (χ3n) is 2.23. The summed E-state index contributed by atoms with van der Waals surface area (Å²) in [4.78, 5) is 18.4. The van der Waals surface area contributed by atoms with Gasteiger partial charge in [-0.25, -0.2) is 0 Å². The molecule has 4 nitrogen and oxygen atoms in total. The molecule has 0 aliphatic heterocycles. The maximum Gasteiger partial charge on any atom is 0.217 e. The minimum absolute atomic E-state index is 0.0220. The molecule has 0 unspecified atom stereocenters. The van der Waals surface area contributed by atoms with Crippen LogP contribution in [0.3, 0.4) is 0 Å². The van der Waals surface area contributed by atoms with Crippen LogP contribution in [0, 0.1) is 0 Å². The summed E-state index contributed by atoms with van der Waals surface area (Å²) >= 11 is 0. The molecule has 1 rings (SSSR count). The van der Waals surface area contributed by atoms with Crippen LogP contribution >= 0.6 is 0 Å². The van der Waals surface area contributed by atoms with E-state index in [1.54, 1.807) is 0 Å². The second-order valence-electron chi connectivity index (χ2n) is 3.64. The standard InChI is InChI=1S/C12H19N3O.2C2H6/c1-4-6-13-12-7-10(8-14-9(3)16)15-11(12)5-2;2*1-2/h6-7,15H,4-5,8H2,1-3H3,(H,14,16);2*1-2H3. The number of carbonyl (C=O) groups is 1. The fourth-order valence-electron chi connectivity index (χ4n) is 1.44. The van der Waals surface area contributed by atoms with Crippen LogP contribution in [0.15, 0.2) is 11.1 Å². The van der Waals surface area contributed by atoms with Gasteiger partial charge in [0.05, 0.1) is 12.2 Å². The van der Waals surface area contributed by atoms with Crippen LogP contribution in [0.2, 0.25) is 0 Å². The Kier molecular flexibility index (Phi) is 14.3. The van der Waals surface area contributed by atoms with Gasteiger partial charge in [-0.05, 0) is 18.9 Å². The van der Waals surface area contributed by atoms with Gasteiger partial charge in [-0.3, -0.25) is 9.79 Å². The number of H-pyrrole nitrogens is 1. The minimum atomic E-state index is -0.0220. The van der Waals surface area contributed by atoms with E-state index in [4.69, 9.17) is 0 Å². The highest BCUT2D eigenvalue weighted by molar-refractivity contribution is 5.72. The first kappa shape index (κ1) is 20.7. The lowest BCUT2D eigenvalue weighted by Crippen LogP contribution is -2.19. The first-order chi connectivity index (χ1) is 9.67. The predicted octanol–water partition coefficient (Wildman–Crippen LogP) is 4.38. The Hall–Kier alpha value is -1.58. The molecule has 1 aromatic rings. The molecule has 0 radical (unpaired) electrons. The molecule has 0 spiro atoms. The van der Waals surface area contributed by atoms with Gasteiger partial charge in [-0.2, -0.15) is 0 Å². The molecular formula is C16H31N3O. The molecule has 0 atom stereocenters. The summed E-state index contributed by atoms with van der Waals surface area (Å²) in [5, 5.41) is 2.76. The second-order valence-corrected chi connectivity index (χ2v) is 3.64. The number of nitrogens with zero attached hydrogens (tertiary/aromatic N) is 1. The number of carbonyl (C=O) groups excluding carboxylic acids is 1. The number of hydrogen-bond donors (Lipinski definition) is 2. The SMILES string of the molecule is CC.CC.CCC=Nc1cc(CNC(C)=O)[nH]c1CC. The summed E-state index contributed by atoms with van der Waals surface area (Å²) in [5.74, 6) is -0.0220. The van der Waals surface area contributed by atoms with E-state index >= 15 is 0 Å². The lowest BCUT2D eigenvalue weighted by Gasteiger charge is -1.98. The largest absolute Gasteiger partial charge is 0.359 e. The maximum absolute atomic E-state index is 10.8. The van der Waals surface area contributed by atoms with E-state index in [-0.39, 0.29) is 5.91 Å². The highest BCUT2D eigenvalue weighted by Gasteiger charge is 2.05. The minimum Gasteiger partial charge on any atom is -0.359 e. The van der Waals surface area contributed by atoms with Gasteiger partial charge in [-0.1, -0.05) is 41.5 Å². The quantitative estimate of drug-likeness (QED) is 0.773. The zero-order valence-corrected chi connectivity index (χ0v) is 14.1.